The summed E-state index contributed by atoms with van der Waals surface area (Å²) in [5.41, 5.74) is 1.56. The van der Waals surface area contributed by atoms with E-state index >= 15 is 0 Å². The summed E-state index contributed by atoms with van der Waals surface area (Å²) in [6.07, 6.45) is 1.23. The smallest absolute Gasteiger partial charge is 0.134 e. The number of rotatable bonds is 3. The molecule has 1 aliphatic carbocycles. The molecule has 1 unspecified atom stereocenters. The first-order chi connectivity index (χ1) is 6.99. The number of benzene rings is 1. The van der Waals surface area contributed by atoms with Gasteiger partial charge in [0.2, 0.25) is 0 Å². The Labute approximate surface area is 95.3 Å². The van der Waals surface area contributed by atoms with Gasteiger partial charge in [-0.2, -0.15) is 0 Å². The topological polar surface area (TPSA) is 32.3 Å². The van der Waals surface area contributed by atoms with E-state index in [1.54, 1.807) is 12.1 Å². The zero-order valence-corrected chi connectivity index (χ0v) is 9.80. The van der Waals surface area contributed by atoms with Gasteiger partial charge in [-0.05, 0) is 29.5 Å². The van der Waals surface area contributed by atoms with Gasteiger partial charge in [0.15, 0.2) is 0 Å². The molecule has 15 heavy (non-hydrogen) atoms. The van der Waals surface area contributed by atoms with Crippen LogP contribution in [0.25, 0.3) is 0 Å². The van der Waals surface area contributed by atoms with Gasteiger partial charge in [-0.25, -0.2) is 0 Å². The second kappa shape index (κ2) is 3.69. The Kier molecular flexibility index (Phi) is 2.65. The quantitative estimate of drug-likeness (QED) is 0.829. The fraction of sp³-hybridized carbons (Fsp3) is 0.500. The van der Waals surface area contributed by atoms with Crippen molar-refractivity contribution in [1.82, 2.24) is 5.32 Å². The van der Waals surface area contributed by atoms with Crippen LogP contribution < -0.4 is 5.32 Å². The maximum absolute atomic E-state index is 9.26. The summed E-state index contributed by atoms with van der Waals surface area (Å²) in [7, 11) is 0. The highest BCUT2D eigenvalue weighted by Crippen LogP contribution is 2.44. The lowest BCUT2D eigenvalue weighted by Gasteiger charge is -2.07. The normalized spacial score (nSPS) is 22.7. The minimum atomic E-state index is 0.146. The predicted molar refractivity (Wildman–Crippen MR) is 62.1 cm³/mol. The second-order valence-corrected chi connectivity index (χ2v) is 5.32. The van der Waals surface area contributed by atoms with Gasteiger partial charge < -0.3 is 10.4 Å². The lowest BCUT2D eigenvalue weighted by atomic mass is 10.2. The van der Waals surface area contributed by atoms with Crippen molar-refractivity contribution in [1.29, 1.82) is 0 Å². The van der Waals surface area contributed by atoms with E-state index in [2.05, 4.69) is 19.2 Å². The van der Waals surface area contributed by atoms with Crippen molar-refractivity contribution in [3.63, 3.8) is 0 Å². The van der Waals surface area contributed by atoms with Crippen LogP contribution in [0.15, 0.2) is 18.2 Å². The van der Waals surface area contributed by atoms with E-state index in [0.717, 1.165) is 12.1 Å². The lowest BCUT2D eigenvalue weighted by molar-refractivity contribution is 0.475. The molecular weight excluding hydrogens is 210 g/mol. The molecule has 3 heteroatoms. The number of phenols is 1. The Morgan fingerprint density at radius 2 is 2.20 bits per heavy atom. The van der Waals surface area contributed by atoms with Gasteiger partial charge in [0.05, 0.1) is 5.02 Å². The van der Waals surface area contributed by atoms with Gasteiger partial charge in [-0.3, -0.25) is 0 Å². The third-order valence-corrected chi connectivity index (χ3v) is 3.38. The highest BCUT2D eigenvalue weighted by molar-refractivity contribution is 6.32. The van der Waals surface area contributed by atoms with Crippen molar-refractivity contribution in [2.75, 3.05) is 0 Å². The van der Waals surface area contributed by atoms with Gasteiger partial charge in [-0.15, -0.1) is 0 Å². The summed E-state index contributed by atoms with van der Waals surface area (Å²) in [6, 6.07) is 5.95. The first-order valence-corrected chi connectivity index (χ1v) is 5.57. The van der Waals surface area contributed by atoms with E-state index in [1.165, 1.54) is 6.42 Å². The Bertz CT molecular complexity index is 376. The molecule has 1 aliphatic rings. The van der Waals surface area contributed by atoms with Crippen LogP contribution in [0.5, 0.6) is 5.75 Å². The van der Waals surface area contributed by atoms with Crippen LogP contribution in [0.2, 0.25) is 5.02 Å². The molecule has 1 atom stereocenters. The molecule has 1 aromatic rings. The first-order valence-electron chi connectivity index (χ1n) is 5.20. The molecule has 2 nitrogen and oxygen atoms in total. The maximum Gasteiger partial charge on any atom is 0.134 e. The van der Waals surface area contributed by atoms with Crippen LogP contribution in [0, 0.1) is 5.41 Å². The van der Waals surface area contributed by atoms with Crippen molar-refractivity contribution in [2.24, 2.45) is 5.41 Å². The third-order valence-electron chi connectivity index (χ3n) is 3.08. The van der Waals surface area contributed by atoms with Crippen molar-refractivity contribution < 1.29 is 5.11 Å². The molecule has 1 saturated carbocycles. The van der Waals surface area contributed by atoms with Crippen LogP contribution in [0.4, 0.5) is 0 Å². The molecule has 0 bridgehead atoms. The standard InChI is InChI=1S/C12H16ClNO/c1-12(2)6-11(12)14-7-8-3-4-10(15)9(13)5-8/h3-5,11,14-15H,6-7H2,1-2H3. The first kappa shape index (κ1) is 10.8. The number of hydrogen-bond donors (Lipinski definition) is 2. The Hall–Kier alpha value is -0.730. The summed E-state index contributed by atoms with van der Waals surface area (Å²) >= 11 is 5.82. The van der Waals surface area contributed by atoms with Gasteiger partial charge >= 0.3 is 0 Å². The number of halogens is 1. The fourth-order valence-corrected chi connectivity index (χ4v) is 1.92. The molecule has 0 amide bonds. The van der Waals surface area contributed by atoms with E-state index in [-0.39, 0.29) is 5.75 Å². The molecule has 1 fully saturated rings. The van der Waals surface area contributed by atoms with Crippen LogP contribution in [-0.2, 0) is 6.54 Å². The van der Waals surface area contributed by atoms with Gasteiger partial charge in [0.1, 0.15) is 5.75 Å². The molecule has 0 spiro atoms. The largest absolute Gasteiger partial charge is 0.506 e. The van der Waals surface area contributed by atoms with Gasteiger partial charge in [0, 0.05) is 12.6 Å². The molecular formula is C12H16ClNO. The Morgan fingerprint density at radius 1 is 1.53 bits per heavy atom. The SMILES string of the molecule is CC1(C)CC1NCc1ccc(O)c(Cl)c1. The van der Waals surface area contributed by atoms with E-state index in [0.29, 0.717) is 16.5 Å². The average molecular weight is 226 g/mol. The van der Waals surface area contributed by atoms with Crippen LogP contribution >= 0.6 is 11.6 Å². The van der Waals surface area contributed by atoms with Crippen molar-refractivity contribution >= 4 is 11.6 Å². The average Bonchev–Trinajstić information content (AvgIpc) is 2.77. The minimum Gasteiger partial charge on any atom is -0.506 e. The molecule has 0 saturated heterocycles. The van der Waals surface area contributed by atoms with Crippen LogP contribution in [0.1, 0.15) is 25.8 Å². The minimum absolute atomic E-state index is 0.146. The number of hydrogen-bond acceptors (Lipinski definition) is 2. The number of aromatic hydroxyl groups is 1. The fourth-order valence-electron chi connectivity index (χ4n) is 1.72. The van der Waals surface area contributed by atoms with Crippen LogP contribution in [-0.4, -0.2) is 11.1 Å². The van der Waals surface area contributed by atoms with Gasteiger partial charge in [-0.1, -0.05) is 31.5 Å². The molecule has 0 aliphatic heterocycles. The third kappa shape index (κ3) is 2.44. The van der Waals surface area contributed by atoms with E-state index < -0.39 is 0 Å². The summed E-state index contributed by atoms with van der Waals surface area (Å²) in [5.74, 6) is 0.146. The molecule has 0 aromatic heterocycles. The lowest BCUT2D eigenvalue weighted by Crippen LogP contribution is -2.19. The van der Waals surface area contributed by atoms with Crippen molar-refractivity contribution in [3.05, 3.63) is 28.8 Å². The van der Waals surface area contributed by atoms with E-state index in [1.807, 2.05) is 6.07 Å². The predicted octanol–water partition coefficient (Wildman–Crippen LogP) is 2.93. The van der Waals surface area contributed by atoms with Crippen molar-refractivity contribution in [2.45, 2.75) is 32.9 Å². The summed E-state index contributed by atoms with van der Waals surface area (Å²) in [4.78, 5) is 0. The molecule has 82 valence electrons. The molecule has 0 radical (unpaired) electrons. The van der Waals surface area contributed by atoms with Gasteiger partial charge in [0.25, 0.3) is 0 Å². The molecule has 2 N–H and O–H groups in total. The zero-order chi connectivity index (χ0) is 11.1. The molecule has 2 rings (SSSR count). The monoisotopic (exact) mass is 225 g/mol. The second-order valence-electron chi connectivity index (χ2n) is 4.91. The Balaban J connectivity index is 1.92. The van der Waals surface area contributed by atoms with E-state index in [4.69, 9.17) is 11.6 Å². The maximum atomic E-state index is 9.26. The number of nitrogens with one attached hydrogen (secondary N) is 1. The van der Waals surface area contributed by atoms with Crippen LogP contribution in [0.3, 0.4) is 0 Å². The van der Waals surface area contributed by atoms with E-state index in [9.17, 15) is 5.11 Å². The summed E-state index contributed by atoms with van der Waals surface area (Å²) in [6.45, 7) is 5.33. The highest BCUT2D eigenvalue weighted by atomic mass is 35.5. The Morgan fingerprint density at radius 3 is 2.73 bits per heavy atom. The molecule has 1 aromatic carbocycles. The molecule has 0 heterocycles. The zero-order valence-electron chi connectivity index (χ0n) is 9.05. The summed E-state index contributed by atoms with van der Waals surface area (Å²) < 4.78 is 0. The highest BCUT2D eigenvalue weighted by Gasteiger charge is 2.44. The summed E-state index contributed by atoms with van der Waals surface area (Å²) in [5, 5.41) is 13.2. The van der Waals surface area contributed by atoms with Crippen molar-refractivity contribution in [3.8, 4) is 5.75 Å². The number of phenolic OH excluding ortho intramolecular Hbond substituents is 1.